The van der Waals surface area contributed by atoms with Crippen LogP contribution in [-0.4, -0.2) is 31.1 Å². The molecule has 19 heavy (non-hydrogen) atoms. The molecule has 0 bridgehead atoms. The van der Waals surface area contributed by atoms with Crippen molar-refractivity contribution in [2.75, 3.05) is 11.0 Å². The Morgan fingerprint density at radius 1 is 1.37 bits per heavy atom. The molecule has 0 fully saturated rings. The highest BCUT2D eigenvalue weighted by Crippen LogP contribution is 2.39. The molecule has 98 valence electrons. The first-order valence-electron chi connectivity index (χ1n) is 6.11. The van der Waals surface area contributed by atoms with E-state index >= 15 is 0 Å². The van der Waals surface area contributed by atoms with E-state index in [-0.39, 0.29) is 5.91 Å². The smallest absolute Gasteiger partial charge is 0.214 e. The minimum Gasteiger partial charge on any atom is -0.214 e. The number of carbonyl (C=O) groups is 1. The molecule has 0 N–H and O–H groups in total. The van der Waals surface area contributed by atoms with E-state index in [2.05, 4.69) is 40.8 Å². The number of hydrogen-bond donors (Lipinski definition) is 0. The fourth-order valence-electron chi connectivity index (χ4n) is 2.07. The Morgan fingerprint density at radius 3 is 2.84 bits per heavy atom. The molecule has 2 aliphatic heterocycles. The lowest BCUT2D eigenvalue weighted by Crippen LogP contribution is -2.21. The number of benzene rings is 1. The van der Waals surface area contributed by atoms with E-state index in [9.17, 15) is 4.79 Å². The maximum atomic E-state index is 12.3. The number of rotatable bonds is 3. The summed E-state index contributed by atoms with van der Waals surface area (Å²) in [6.45, 7) is 0.872. The van der Waals surface area contributed by atoms with Gasteiger partial charge in [-0.3, -0.25) is 0 Å². The maximum Gasteiger partial charge on any atom is 0.427 e. The summed E-state index contributed by atoms with van der Waals surface area (Å²) in [7, 11) is 0. The topological polar surface area (TPSA) is 20.1 Å². The Balaban J connectivity index is 1.69. The van der Waals surface area contributed by atoms with Gasteiger partial charge in [0, 0.05) is 4.43 Å². The maximum absolute atomic E-state index is 12.3. The number of allylic oxidation sites excluding steroid dienone is 1. The van der Waals surface area contributed by atoms with Gasteiger partial charge in [0.05, 0.1) is 5.25 Å². The Kier molecular flexibility index (Phi) is 4.34. The van der Waals surface area contributed by atoms with Crippen LogP contribution in [-0.2, 0) is 11.2 Å². The van der Waals surface area contributed by atoms with Crippen LogP contribution in [0.1, 0.15) is 5.56 Å². The number of carbonyl (C=O) groups excluding carboxylic acids is 1. The summed E-state index contributed by atoms with van der Waals surface area (Å²) in [4.78, 5) is 13.2. The summed E-state index contributed by atoms with van der Waals surface area (Å²) in [5, 5.41) is 0.572. The van der Waals surface area contributed by atoms with Gasteiger partial charge in [-0.1, -0.05) is 59.0 Å². The number of hydrogen-bond acceptors (Lipinski definition) is 3. The van der Waals surface area contributed by atoms with Gasteiger partial charge in [0.1, 0.15) is 4.91 Å². The molecule has 2 heterocycles. The summed E-state index contributed by atoms with van der Waals surface area (Å²) in [5.41, 5.74) is 1.25. The fraction of sp³-hybridized carbons (Fsp3) is 0.286. The normalized spacial score (nSPS) is 24.4. The second-order valence-electron chi connectivity index (χ2n) is 4.44. The van der Waals surface area contributed by atoms with Gasteiger partial charge in [-0.15, -0.1) is 4.58 Å². The molecule has 5 heteroatoms. The van der Waals surface area contributed by atoms with Crippen molar-refractivity contribution in [2.24, 2.45) is 0 Å². The van der Waals surface area contributed by atoms with E-state index in [1.165, 1.54) is 9.94 Å². The summed E-state index contributed by atoms with van der Waals surface area (Å²) in [6.07, 6.45) is 2.89. The van der Waals surface area contributed by atoms with Crippen molar-refractivity contribution in [3.05, 3.63) is 46.9 Å². The SMILES string of the molecule is O=C1/C(=C\Cc2ccccc2)SC2=[N+]1C[C@H](CI)S2. The van der Waals surface area contributed by atoms with E-state index < -0.39 is 0 Å². The molecule has 2 nitrogen and oxygen atoms in total. The van der Waals surface area contributed by atoms with Crippen LogP contribution in [0.25, 0.3) is 0 Å². The number of alkyl halides is 1. The van der Waals surface area contributed by atoms with E-state index in [1.807, 2.05) is 34.5 Å². The highest BCUT2D eigenvalue weighted by atomic mass is 127. The second kappa shape index (κ2) is 6.01. The van der Waals surface area contributed by atoms with Crippen LogP contribution in [0, 0.1) is 0 Å². The van der Waals surface area contributed by atoms with Gasteiger partial charge >= 0.3 is 5.91 Å². The Hall–Kier alpha value is -0.270. The Labute approximate surface area is 134 Å². The predicted molar refractivity (Wildman–Crippen MR) is 91.2 cm³/mol. The lowest BCUT2D eigenvalue weighted by Gasteiger charge is -2.00. The highest BCUT2D eigenvalue weighted by Gasteiger charge is 2.45. The standard InChI is InChI=1S/C14H13INOS2/c15-8-11-9-16-13(17)12(19-14(16)18-11)7-6-10-4-2-1-3-5-10/h1-5,7,11H,6,8-9H2/q+1/b12-7+/t11-/m0/s1. The number of nitrogens with zero attached hydrogens (tertiary/aromatic N) is 1. The van der Waals surface area contributed by atoms with Crippen molar-refractivity contribution in [2.45, 2.75) is 11.7 Å². The average molecular weight is 402 g/mol. The minimum absolute atomic E-state index is 0.191. The van der Waals surface area contributed by atoms with Crippen molar-refractivity contribution >= 4 is 56.4 Å². The number of halogens is 1. The predicted octanol–water partition coefficient (Wildman–Crippen LogP) is 3.31. The van der Waals surface area contributed by atoms with Crippen LogP contribution in [0.4, 0.5) is 0 Å². The molecule has 2 aliphatic rings. The van der Waals surface area contributed by atoms with Crippen molar-refractivity contribution < 1.29 is 9.37 Å². The van der Waals surface area contributed by atoms with Crippen LogP contribution in [0.3, 0.4) is 0 Å². The summed E-state index contributed by atoms with van der Waals surface area (Å²) >= 11 is 5.88. The van der Waals surface area contributed by atoms with Crippen molar-refractivity contribution in [1.29, 1.82) is 0 Å². The number of amides is 1. The quantitative estimate of drug-likeness (QED) is 0.335. The van der Waals surface area contributed by atoms with Gasteiger partial charge in [0.2, 0.25) is 0 Å². The van der Waals surface area contributed by atoms with Gasteiger partial charge < -0.3 is 0 Å². The van der Waals surface area contributed by atoms with Crippen molar-refractivity contribution in [3.8, 4) is 0 Å². The largest absolute Gasteiger partial charge is 0.427 e. The zero-order valence-electron chi connectivity index (χ0n) is 10.2. The third kappa shape index (κ3) is 2.92. The second-order valence-corrected chi connectivity index (χ2v) is 7.89. The van der Waals surface area contributed by atoms with E-state index in [0.29, 0.717) is 5.25 Å². The molecule has 1 amide bonds. The lowest BCUT2D eigenvalue weighted by molar-refractivity contribution is -0.433. The zero-order valence-corrected chi connectivity index (χ0v) is 14.0. The molecule has 0 unspecified atom stereocenters. The molecule has 0 aromatic heterocycles. The van der Waals surface area contributed by atoms with Crippen LogP contribution in [0.2, 0.25) is 0 Å². The molecule has 0 spiro atoms. The third-order valence-electron chi connectivity index (χ3n) is 3.07. The molecule has 3 rings (SSSR count). The van der Waals surface area contributed by atoms with Crippen LogP contribution < -0.4 is 0 Å². The van der Waals surface area contributed by atoms with E-state index in [1.54, 1.807) is 11.8 Å². The van der Waals surface area contributed by atoms with Gasteiger partial charge in [0.25, 0.3) is 4.38 Å². The zero-order chi connectivity index (χ0) is 13.2. The molecular formula is C14H13INOS2+. The minimum atomic E-state index is 0.191. The monoisotopic (exact) mass is 402 g/mol. The molecule has 0 saturated carbocycles. The first kappa shape index (κ1) is 13.7. The first-order chi connectivity index (χ1) is 9.28. The molecule has 0 radical (unpaired) electrons. The summed E-state index contributed by atoms with van der Waals surface area (Å²) < 4.78 is 4.21. The Morgan fingerprint density at radius 2 is 2.16 bits per heavy atom. The van der Waals surface area contributed by atoms with Crippen molar-refractivity contribution in [3.63, 3.8) is 0 Å². The molecular weight excluding hydrogens is 389 g/mol. The van der Waals surface area contributed by atoms with E-state index in [4.69, 9.17) is 0 Å². The average Bonchev–Trinajstić information content (AvgIpc) is 2.97. The Bertz CT molecular complexity index is 568. The highest BCUT2D eigenvalue weighted by molar-refractivity contribution is 14.1. The lowest BCUT2D eigenvalue weighted by atomic mass is 10.1. The van der Waals surface area contributed by atoms with Gasteiger partial charge in [-0.05, 0) is 35.5 Å². The summed E-state index contributed by atoms with van der Waals surface area (Å²) in [5.74, 6) is 0.191. The fourth-order valence-corrected chi connectivity index (χ4v) is 5.44. The van der Waals surface area contributed by atoms with Crippen LogP contribution in [0.5, 0.6) is 0 Å². The first-order valence-corrected chi connectivity index (χ1v) is 9.33. The van der Waals surface area contributed by atoms with Gasteiger partial charge in [0.15, 0.2) is 6.54 Å². The van der Waals surface area contributed by atoms with Crippen LogP contribution >= 0.6 is 46.1 Å². The third-order valence-corrected chi connectivity index (χ3v) is 7.29. The van der Waals surface area contributed by atoms with Gasteiger partial charge in [-0.2, -0.15) is 0 Å². The summed E-state index contributed by atoms with van der Waals surface area (Å²) in [6, 6.07) is 10.3. The van der Waals surface area contributed by atoms with E-state index in [0.717, 1.165) is 22.3 Å². The number of thioether (sulfide) groups is 2. The molecule has 1 aromatic rings. The molecule has 0 aliphatic carbocycles. The molecule has 1 aromatic carbocycles. The molecule has 0 saturated heterocycles. The molecule has 1 atom stereocenters. The van der Waals surface area contributed by atoms with Crippen molar-refractivity contribution in [1.82, 2.24) is 0 Å². The van der Waals surface area contributed by atoms with Gasteiger partial charge in [-0.25, -0.2) is 4.79 Å². The van der Waals surface area contributed by atoms with Crippen LogP contribution in [0.15, 0.2) is 41.3 Å².